The molecule has 0 amide bonds. The summed E-state index contributed by atoms with van der Waals surface area (Å²) in [6.07, 6.45) is 0. The van der Waals surface area contributed by atoms with Gasteiger partial charge in [0.15, 0.2) is 0 Å². The van der Waals surface area contributed by atoms with Gasteiger partial charge in [0.05, 0.1) is 13.2 Å². The van der Waals surface area contributed by atoms with E-state index in [0.717, 1.165) is 49.3 Å². The molecule has 1 spiro atoms. The van der Waals surface area contributed by atoms with Crippen molar-refractivity contribution < 1.29 is 14.1 Å². The molecule has 0 bridgehead atoms. The van der Waals surface area contributed by atoms with Crippen LogP contribution in [0.4, 0.5) is 5.69 Å². The van der Waals surface area contributed by atoms with Crippen molar-refractivity contribution >= 4 is 28.0 Å². The first-order chi connectivity index (χ1) is 13.5. The van der Waals surface area contributed by atoms with Crippen LogP contribution < -0.4 is 4.90 Å². The van der Waals surface area contributed by atoms with Crippen LogP contribution >= 0.6 is 11.3 Å². The van der Waals surface area contributed by atoms with Crippen molar-refractivity contribution in [2.24, 2.45) is 5.41 Å². The van der Waals surface area contributed by atoms with E-state index in [1.807, 2.05) is 34.0 Å². The number of anilines is 1. The van der Waals surface area contributed by atoms with Crippen LogP contribution in [0.25, 0.3) is 0 Å². The van der Waals surface area contributed by atoms with Crippen LogP contribution in [-0.4, -0.2) is 78.1 Å². The van der Waals surface area contributed by atoms with Crippen LogP contribution in [0.5, 0.6) is 5.75 Å². The highest BCUT2D eigenvalue weighted by molar-refractivity contribution is 7.85. The first-order valence-corrected chi connectivity index (χ1v) is 11.5. The molecule has 0 aliphatic carbocycles. The summed E-state index contributed by atoms with van der Waals surface area (Å²) in [5, 5.41) is 11.3. The Hall–Kier alpha value is -1.45. The lowest BCUT2D eigenvalue weighted by molar-refractivity contribution is -0.182. The Morgan fingerprint density at radius 2 is 1.75 bits per heavy atom. The summed E-state index contributed by atoms with van der Waals surface area (Å²) in [5.74, 6) is 0.284. The molecule has 3 aliphatic rings. The van der Waals surface area contributed by atoms with Gasteiger partial charge in [-0.15, -0.1) is 11.3 Å². The van der Waals surface area contributed by atoms with E-state index in [-0.39, 0.29) is 5.75 Å². The number of phenolic OH excluding ortho intramolecular Hbond substituents is 1. The summed E-state index contributed by atoms with van der Waals surface area (Å²) in [6.45, 7) is 7.80. The number of likely N-dealkylation sites (tertiary alicyclic amines) is 1. The molecule has 3 fully saturated rings. The standard InChI is InChI=1S/C14H16N2O2S2.C6H11NO/c17-13-5-3-12(4-6-13)15-7-9-16(10-8-15)20(18)14-2-1-11-19-14;1-7-2-6(3-7)4-8-5-6/h1-6,11,17H,7-10H2;2-5H2,1H3. The summed E-state index contributed by atoms with van der Waals surface area (Å²) in [7, 11) is 1.13. The van der Waals surface area contributed by atoms with E-state index in [9.17, 15) is 9.32 Å². The zero-order valence-corrected chi connectivity index (χ0v) is 17.8. The van der Waals surface area contributed by atoms with Gasteiger partial charge in [-0.25, -0.2) is 8.51 Å². The molecule has 0 radical (unpaired) electrons. The van der Waals surface area contributed by atoms with E-state index >= 15 is 0 Å². The number of thiophene rings is 1. The van der Waals surface area contributed by atoms with Gasteiger partial charge in [-0.3, -0.25) is 0 Å². The van der Waals surface area contributed by atoms with Crippen molar-refractivity contribution in [1.29, 1.82) is 0 Å². The number of hydrogen-bond donors (Lipinski definition) is 1. The minimum atomic E-state index is -1.03. The van der Waals surface area contributed by atoms with Gasteiger partial charge < -0.3 is 19.6 Å². The topological polar surface area (TPSA) is 56.2 Å². The lowest BCUT2D eigenvalue weighted by atomic mass is 9.79. The molecule has 0 saturated carbocycles. The molecule has 3 aliphatic heterocycles. The average Bonchev–Trinajstić information content (AvgIpc) is 3.19. The van der Waals surface area contributed by atoms with Crippen molar-refractivity contribution in [3.63, 3.8) is 0 Å². The second kappa shape index (κ2) is 8.51. The number of nitrogens with zero attached hydrogens (tertiary/aromatic N) is 3. The fraction of sp³-hybridized carbons (Fsp3) is 0.500. The van der Waals surface area contributed by atoms with Crippen molar-refractivity contribution in [3.05, 3.63) is 41.8 Å². The summed E-state index contributed by atoms with van der Waals surface area (Å²) >= 11 is 1.54. The minimum Gasteiger partial charge on any atom is -0.508 e. The molecule has 2 aromatic rings. The number of rotatable bonds is 3. The van der Waals surface area contributed by atoms with E-state index < -0.39 is 11.0 Å². The average molecular weight is 422 g/mol. The van der Waals surface area contributed by atoms with E-state index in [4.69, 9.17) is 4.74 Å². The van der Waals surface area contributed by atoms with Crippen LogP contribution in [0.3, 0.4) is 0 Å². The van der Waals surface area contributed by atoms with E-state index in [0.29, 0.717) is 5.41 Å². The number of phenols is 1. The lowest BCUT2D eigenvalue weighted by Gasteiger charge is -2.53. The highest BCUT2D eigenvalue weighted by Crippen LogP contribution is 2.36. The van der Waals surface area contributed by atoms with Crippen LogP contribution in [0, 0.1) is 5.41 Å². The normalized spacial score (nSPS) is 22.7. The van der Waals surface area contributed by atoms with Crippen molar-refractivity contribution in [1.82, 2.24) is 9.21 Å². The second-order valence-electron chi connectivity index (χ2n) is 7.78. The Morgan fingerprint density at radius 3 is 2.21 bits per heavy atom. The van der Waals surface area contributed by atoms with Crippen molar-refractivity contribution in [3.8, 4) is 5.75 Å². The molecule has 1 aromatic carbocycles. The number of hydrogen-bond acceptors (Lipinski definition) is 6. The third-order valence-corrected chi connectivity index (χ3v) is 8.07. The predicted octanol–water partition coefficient (Wildman–Crippen LogP) is 2.25. The van der Waals surface area contributed by atoms with E-state index in [2.05, 4.69) is 16.8 Å². The number of ether oxygens (including phenoxy) is 1. The molecular formula is C20H27N3O3S2. The van der Waals surface area contributed by atoms with Gasteiger partial charge in [-0.05, 0) is 42.8 Å². The zero-order chi connectivity index (χ0) is 19.6. The highest BCUT2D eigenvalue weighted by Gasteiger charge is 2.47. The van der Waals surface area contributed by atoms with Gasteiger partial charge in [0.2, 0.25) is 0 Å². The summed E-state index contributed by atoms with van der Waals surface area (Å²) in [4.78, 5) is 4.59. The third kappa shape index (κ3) is 4.41. The third-order valence-electron chi connectivity index (χ3n) is 5.38. The molecule has 4 heterocycles. The van der Waals surface area contributed by atoms with Crippen LogP contribution in [0.1, 0.15) is 0 Å². The Kier molecular flexibility index (Phi) is 6.03. The molecule has 3 saturated heterocycles. The maximum absolute atomic E-state index is 12.3. The first kappa shape index (κ1) is 19.8. The van der Waals surface area contributed by atoms with Gasteiger partial charge >= 0.3 is 0 Å². The Labute approximate surface area is 172 Å². The fourth-order valence-corrected chi connectivity index (χ4v) is 6.14. The van der Waals surface area contributed by atoms with Crippen LogP contribution in [0.15, 0.2) is 46.0 Å². The minimum absolute atomic E-state index is 0.284. The molecule has 6 nitrogen and oxygen atoms in total. The maximum Gasteiger partial charge on any atom is 0.138 e. The Morgan fingerprint density at radius 1 is 1.07 bits per heavy atom. The lowest BCUT2D eigenvalue weighted by Crippen LogP contribution is -2.64. The molecule has 1 unspecified atom stereocenters. The monoisotopic (exact) mass is 421 g/mol. The second-order valence-corrected chi connectivity index (χ2v) is 10.4. The van der Waals surface area contributed by atoms with Crippen molar-refractivity contribution in [2.75, 3.05) is 64.4 Å². The first-order valence-electron chi connectivity index (χ1n) is 9.55. The van der Waals surface area contributed by atoms with Gasteiger partial charge in [0.25, 0.3) is 0 Å². The smallest absolute Gasteiger partial charge is 0.138 e. The van der Waals surface area contributed by atoms with Gasteiger partial charge in [0, 0.05) is 50.4 Å². The molecule has 1 aromatic heterocycles. The molecule has 1 N–H and O–H groups in total. The van der Waals surface area contributed by atoms with Crippen LogP contribution in [-0.2, 0) is 15.7 Å². The van der Waals surface area contributed by atoms with E-state index in [1.54, 1.807) is 23.5 Å². The van der Waals surface area contributed by atoms with Gasteiger partial charge in [-0.2, -0.15) is 0 Å². The largest absolute Gasteiger partial charge is 0.508 e. The maximum atomic E-state index is 12.3. The summed E-state index contributed by atoms with van der Waals surface area (Å²) in [5.41, 5.74) is 1.72. The number of benzene rings is 1. The molecule has 152 valence electrons. The Bertz CT molecular complexity index is 778. The molecule has 5 rings (SSSR count). The van der Waals surface area contributed by atoms with Gasteiger partial charge in [-0.1, -0.05) is 6.07 Å². The highest BCUT2D eigenvalue weighted by atomic mass is 32.2. The molecule has 8 heteroatoms. The SMILES string of the molecule is CN1CC2(COC2)C1.O=S(c1cccs1)N1CCN(c2ccc(O)cc2)CC1. The molecule has 28 heavy (non-hydrogen) atoms. The number of piperazine rings is 1. The summed E-state index contributed by atoms with van der Waals surface area (Å²) < 4.78 is 20.4. The fourth-order valence-electron chi connectivity index (χ4n) is 3.94. The van der Waals surface area contributed by atoms with Crippen LogP contribution in [0.2, 0.25) is 0 Å². The number of aromatic hydroxyl groups is 1. The zero-order valence-electron chi connectivity index (χ0n) is 16.1. The molecular weight excluding hydrogens is 394 g/mol. The Balaban J connectivity index is 0.000000198. The molecule has 1 atom stereocenters. The quantitative estimate of drug-likeness (QED) is 0.824. The van der Waals surface area contributed by atoms with Crippen molar-refractivity contribution in [2.45, 2.75) is 4.21 Å². The van der Waals surface area contributed by atoms with E-state index in [1.165, 1.54) is 13.1 Å². The summed E-state index contributed by atoms with van der Waals surface area (Å²) in [6, 6.07) is 11.1. The predicted molar refractivity (Wildman–Crippen MR) is 113 cm³/mol. The van der Waals surface area contributed by atoms with Gasteiger partial charge in [0.1, 0.15) is 20.9 Å².